The predicted octanol–water partition coefficient (Wildman–Crippen LogP) is 4.43. The van der Waals surface area contributed by atoms with Crippen LogP contribution >= 0.6 is 24.0 Å². The maximum Gasteiger partial charge on any atom is 0.270 e. The van der Waals surface area contributed by atoms with E-state index in [0.29, 0.717) is 34.4 Å². The second-order valence-electron chi connectivity index (χ2n) is 7.91. The molecule has 1 saturated heterocycles. The van der Waals surface area contributed by atoms with Gasteiger partial charge in [0.15, 0.2) is 0 Å². The SMILES string of the molecule is CCN(CC)c1c(C=C2SC(=S)N(C3CCCCC3)C2=O)c(C)c(C#N)c(=O)n1CC. The van der Waals surface area contributed by atoms with Gasteiger partial charge < -0.3 is 4.90 Å². The lowest BCUT2D eigenvalue weighted by molar-refractivity contribution is -0.124. The van der Waals surface area contributed by atoms with Crippen LogP contribution in [0.25, 0.3) is 6.08 Å². The minimum absolute atomic E-state index is 0.0560. The fraction of sp³-hybridized carbons (Fsp3) is 0.565. The average molecular weight is 459 g/mol. The second kappa shape index (κ2) is 10.0. The van der Waals surface area contributed by atoms with Crippen molar-refractivity contribution in [2.75, 3.05) is 18.0 Å². The van der Waals surface area contributed by atoms with Gasteiger partial charge in [-0.2, -0.15) is 5.26 Å². The smallest absolute Gasteiger partial charge is 0.270 e. The maximum absolute atomic E-state index is 13.3. The zero-order chi connectivity index (χ0) is 22.7. The number of nitriles is 1. The zero-order valence-corrected chi connectivity index (χ0v) is 20.4. The molecule has 0 atom stereocenters. The van der Waals surface area contributed by atoms with E-state index in [9.17, 15) is 14.9 Å². The monoisotopic (exact) mass is 458 g/mol. The molecule has 0 unspecified atom stereocenters. The highest BCUT2D eigenvalue weighted by Gasteiger charge is 2.38. The maximum atomic E-state index is 13.3. The first-order valence-corrected chi connectivity index (χ1v) is 12.3. The van der Waals surface area contributed by atoms with Gasteiger partial charge in [0.2, 0.25) is 0 Å². The Kier molecular flexibility index (Phi) is 7.60. The number of rotatable bonds is 6. The fourth-order valence-corrected chi connectivity index (χ4v) is 5.95. The van der Waals surface area contributed by atoms with Crippen LogP contribution < -0.4 is 10.5 Å². The molecule has 2 heterocycles. The highest BCUT2D eigenvalue weighted by Crippen LogP contribution is 2.39. The van der Waals surface area contributed by atoms with E-state index in [1.165, 1.54) is 18.2 Å². The Balaban J connectivity index is 2.17. The molecule has 1 aromatic heterocycles. The standard InChI is InChI=1S/C23H30N4O2S2/c1-5-25(6-2)20-17(15(4)18(14-24)21(28)26(20)7-3)13-19-22(29)27(23(30)31-19)16-11-9-8-10-12-16/h13,16H,5-12H2,1-4H3. The van der Waals surface area contributed by atoms with Gasteiger partial charge in [-0.05, 0) is 52.2 Å². The minimum atomic E-state index is -0.281. The molecule has 0 spiro atoms. The summed E-state index contributed by atoms with van der Waals surface area (Å²) in [7, 11) is 0. The summed E-state index contributed by atoms with van der Waals surface area (Å²) in [5.74, 6) is 0.705. The van der Waals surface area contributed by atoms with Crippen molar-refractivity contribution in [3.63, 3.8) is 0 Å². The summed E-state index contributed by atoms with van der Waals surface area (Å²) in [4.78, 5) is 30.8. The summed E-state index contributed by atoms with van der Waals surface area (Å²) in [6.45, 7) is 9.64. The first kappa shape index (κ1) is 23.6. The van der Waals surface area contributed by atoms with Crippen molar-refractivity contribution in [1.29, 1.82) is 5.26 Å². The van der Waals surface area contributed by atoms with Crippen molar-refractivity contribution in [1.82, 2.24) is 9.47 Å². The van der Waals surface area contributed by atoms with Gasteiger partial charge >= 0.3 is 0 Å². The third kappa shape index (κ3) is 4.31. The summed E-state index contributed by atoms with van der Waals surface area (Å²) in [5, 5.41) is 9.66. The third-order valence-electron chi connectivity index (χ3n) is 6.26. The number of carbonyl (C=O) groups excluding carboxylic acids is 1. The molecular formula is C23H30N4O2S2. The summed E-state index contributed by atoms with van der Waals surface area (Å²) in [5.41, 5.74) is 1.22. The van der Waals surface area contributed by atoms with Gasteiger partial charge in [-0.1, -0.05) is 43.2 Å². The van der Waals surface area contributed by atoms with Gasteiger partial charge in [0, 0.05) is 31.2 Å². The molecule has 1 aromatic rings. The first-order chi connectivity index (χ1) is 14.9. The van der Waals surface area contributed by atoms with E-state index < -0.39 is 0 Å². The number of hydrogen-bond donors (Lipinski definition) is 0. The van der Waals surface area contributed by atoms with Crippen LogP contribution in [0.3, 0.4) is 0 Å². The summed E-state index contributed by atoms with van der Waals surface area (Å²) < 4.78 is 2.25. The van der Waals surface area contributed by atoms with Crippen LogP contribution in [0.2, 0.25) is 0 Å². The Morgan fingerprint density at radius 2 is 1.84 bits per heavy atom. The van der Waals surface area contributed by atoms with Crippen molar-refractivity contribution in [3.05, 3.63) is 31.9 Å². The lowest BCUT2D eigenvalue weighted by atomic mass is 9.94. The summed E-state index contributed by atoms with van der Waals surface area (Å²) in [6, 6.07) is 2.25. The van der Waals surface area contributed by atoms with Gasteiger partial charge in [-0.3, -0.25) is 19.1 Å². The molecule has 0 bridgehead atoms. The highest BCUT2D eigenvalue weighted by molar-refractivity contribution is 8.26. The van der Waals surface area contributed by atoms with Crippen LogP contribution in [0.15, 0.2) is 9.70 Å². The molecule has 3 rings (SSSR count). The summed E-state index contributed by atoms with van der Waals surface area (Å²) in [6.07, 6.45) is 7.28. The lowest BCUT2D eigenvalue weighted by Gasteiger charge is -2.30. The number of carbonyl (C=O) groups is 1. The van der Waals surface area contributed by atoms with Crippen LogP contribution in [0.5, 0.6) is 0 Å². The van der Waals surface area contributed by atoms with E-state index in [-0.39, 0.29) is 23.1 Å². The van der Waals surface area contributed by atoms with Crippen LogP contribution in [0.1, 0.15) is 69.6 Å². The van der Waals surface area contributed by atoms with Crippen LogP contribution in [-0.2, 0) is 11.3 Å². The molecule has 166 valence electrons. The third-order valence-corrected chi connectivity index (χ3v) is 7.59. The van der Waals surface area contributed by atoms with E-state index in [1.54, 1.807) is 16.4 Å². The molecule has 31 heavy (non-hydrogen) atoms. The highest BCUT2D eigenvalue weighted by atomic mass is 32.2. The van der Waals surface area contributed by atoms with Crippen LogP contribution in [0.4, 0.5) is 5.82 Å². The van der Waals surface area contributed by atoms with E-state index in [4.69, 9.17) is 12.2 Å². The summed E-state index contributed by atoms with van der Waals surface area (Å²) >= 11 is 6.91. The molecular weight excluding hydrogens is 428 g/mol. The Hall–Kier alpha value is -2.11. The van der Waals surface area contributed by atoms with E-state index >= 15 is 0 Å². The number of aromatic nitrogens is 1. The van der Waals surface area contributed by atoms with E-state index in [2.05, 4.69) is 11.0 Å². The molecule has 1 aliphatic heterocycles. The Morgan fingerprint density at radius 3 is 2.39 bits per heavy atom. The normalized spacial score (nSPS) is 18.7. The van der Waals surface area contributed by atoms with E-state index in [1.807, 2.05) is 26.8 Å². The molecule has 8 heteroatoms. The van der Waals surface area contributed by atoms with Crippen LogP contribution in [0, 0.1) is 18.3 Å². The number of pyridine rings is 1. The van der Waals surface area contributed by atoms with Crippen molar-refractivity contribution in [2.24, 2.45) is 0 Å². The van der Waals surface area contributed by atoms with Gasteiger partial charge in [0.05, 0.1) is 4.91 Å². The molecule has 6 nitrogen and oxygen atoms in total. The zero-order valence-electron chi connectivity index (χ0n) is 18.7. The van der Waals surface area contributed by atoms with Crippen molar-refractivity contribution in [3.8, 4) is 6.07 Å². The number of amides is 1. The molecule has 0 radical (unpaired) electrons. The Labute approximate surface area is 193 Å². The predicted molar refractivity (Wildman–Crippen MR) is 131 cm³/mol. The van der Waals surface area contributed by atoms with Crippen molar-refractivity contribution in [2.45, 2.75) is 72.4 Å². The second-order valence-corrected chi connectivity index (χ2v) is 9.59. The fourth-order valence-electron chi connectivity index (χ4n) is 4.57. The topological polar surface area (TPSA) is 69.3 Å². The van der Waals surface area contributed by atoms with Gasteiger partial charge in [0.1, 0.15) is 21.8 Å². The largest absolute Gasteiger partial charge is 0.358 e. The average Bonchev–Trinajstić information content (AvgIpc) is 3.05. The minimum Gasteiger partial charge on any atom is -0.358 e. The molecule has 0 aromatic carbocycles. The first-order valence-electron chi connectivity index (χ1n) is 11.1. The molecule has 0 N–H and O–H groups in total. The molecule has 1 aliphatic carbocycles. The van der Waals surface area contributed by atoms with E-state index in [0.717, 1.165) is 37.1 Å². The Bertz CT molecular complexity index is 1010. The van der Waals surface area contributed by atoms with Crippen LogP contribution in [-0.4, -0.2) is 38.8 Å². The van der Waals surface area contributed by atoms with Gasteiger partial charge in [-0.25, -0.2) is 0 Å². The van der Waals surface area contributed by atoms with Crippen molar-refractivity contribution < 1.29 is 4.79 Å². The molecule has 1 amide bonds. The van der Waals surface area contributed by atoms with Gasteiger partial charge in [-0.15, -0.1) is 0 Å². The molecule has 2 aliphatic rings. The number of anilines is 1. The number of thioether (sulfide) groups is 1. The Morgan fingerprint density at radius 1 is 1.19 bits per heavy atom. The van der Waals surface area contributed by atoms with Crippen molar-refractivity contribution >= 4 is 46.1 Å². The number of thiocarbonyl (C=S) groups is 1. The lowest BCUT2D eigenvalue weighted by Crippen LogP contribution is -2.39. The number of hydrogen-bond acceptors (Lipinski definition) is 6. The molecule has 2 fully saturated rings. The number of nitrogens with zero attached hydrogens (tertiary/aromatic N) is 4. The molecule has 1 saturated carbocycles. The quantitative estimate of drug-likeness (QED) is 0.464. The van der Waals surface area contributed by atoms with Gasteiger partial charge in [0.25, 0.3) is 11.5 Å².